The number of H-pyrrole nitrogens is 1. The summed E-state index contributed by atoms with van der Waals surface area (Å²) in [7, 11) is 0. The summed E-state index contributed by atoms with van der Waals surface area (Å²) in [5, 5.41) is 11.7. The van der Waals surface area contributed by atoms with E-state index in [4.69, 9.17) is 10.8 Å². The molecule has 0 radical (unpaired) electrons. The van der Waals surface area contributed by atoms with Gasteiger partial charge in [-0.3, -0.25) is 9.78 Å². The molecule has 0 amide bonds. The van der Waals surface area contributed by atoms with Crippen LogP contribution in [0.2, 0.25) is 0 Å². The fourth-order valence-corrected chi connectivity index (χ4v) is 1.72. The quantitative estimate of drug-likeness (QED) is 0.505. The molecule has 7 nitrogen and oxygen atoms in total. The minimum Gasteiger partial charge on any atom is -0.396 e. The number of aliphatic hydroxyl groups is 1. The number of hydrogen-bond donors (Lipinski definition) is 4. The van der Waals surface area contributed by atoms with Crippen molar-refractivity contribution in [1.82, 2.24) is 9.97 Å². The van der Waals surface area contributed by atoms with Gasteiger partial charge in [-0.1, -0.05) is 0 Å². The van der Waals surface area contributed by atoms with E-state index in [1.807, 2.05) is 4.90 Å². The number of aromatic amines is 1. The number of nitrogen functional groups attached to an aromatic ring is 1. The molecule has 16 heavy (non-hydrogen) atoms. The largest absolute Gasteiger partial charge is 0.396 e. The number of nitrogens with zero attached hydrogens (tertiary/aromatic N) is 2. The summed E-state index contributed by atoms with van der Waals surface area (Å²) in [5.41, 5.74) is 5.71. The summed E-state index contributed by atoms with van der Waals surface area (Å²) in [6.45, 7) is 1.48. The third-order valence-corrected chi connectivity index (χ3v) is 2.50. The summed E-state index contributed by atoms with van der Waals surface area (Å²) in [6.07, 6.45) is 1.59. The smallest absolute Gasteiger partial charge is 0.277 e. The second kappa shape index (κ2) is 4.40. The summed E-state index contributed by atoms with van der Waals surface area (Å²) >= 11 is 0. The van der Waals surface area contributed by atoms with Gasteiger partial charge in [0.25, 0.3) is 5.56 Å². The summed E-state index contributed by atoms with van der Waals surface area (Å²) < 4.78 is 0. The number of nitrogens with one attached hydrogen (secondary N) is 2. The maximum absolute atomic E-state index is 11.5. The van der Waals surface area contributed by atoms with Gasteiger partial charge in [0.2, 0.25) is 5.95 Å². The fraction of sp³-hybridized carbons (Fsp3) is 0.556. The first-order chi connectivity index (χ1) is 7.72. The van der Waals surface area contributed by atoms with Gasteiger partial charge in [-0.2, -0.15) is 4.98 Å². The van der Waals surface area contributed by atoms with Gasteiger partial charge < -0.3 is 21.1 Å². The average molecular weight is 225 g/mol. The molecule has 1 aliphatic rings. The van der Waals surface area contributed by atoms with E-state index in [-0.39, 0.29) is 18.1 Å². The van der Waals surface area contributed by atoms with Crippen LogP contribution >= 0.6 is 0 Å². The zero-order valence-corrected chi connectivity index (χ0v) is 8.86. The van der Waals surface area contributed by atoms with Crippen molar-refractivity contribution in [3.8, 4) is 0 Å². The number of unbranched alkanes of at least 4 members (excludes halogenated alkanes) is 1. The molecule has 1 aliphatic heterocycles. The molecule has 7 heteroatoms. The van der Waals surface area contributed by atoms with Crippen molar-refractivity contribution in [2.45, 2.75) is 12.8 Å². The zero-order valence-electron chi connectivity index (χ0n) is 8.86. The van der Waals surface area contributed by atoms with Gasteiger partial charge >= 0.3 is 0 Å². The van der Waals surface area contributed by atoms with Crippen LogP contribution in [0.4, 0.5) is 17.5 Å². The predicted octanol–water partition coefficient (Wildman–Crippen LogP) is -0.686. The van der Waals surface area contributed by atoms with Gasteiger partial charge in [0.05, 0.1) is 6.67 Å². The Morgan fingerprint density at radius 1 is 1.50 bits per heavy atom. The van der Waals surface area contributed by atoms with Crippen LogP contribution in [-0.4, -0.2) is 34.9 Å². The van der Waals surface area contributed by atoms with Crippen molar-refractivity contribution >= 4 is 17.5 Å². The van der Waals surface area contributed by atoms with E-state index < -0.39 is 0 Å². The highest BCUT2D eigenvalue weighted by molar-refractivity contribution is 5.70. The van der Waals surface area contributed by atoms with E-state index in [2.05, 4.69) is 15.3 Å². The van der Waals surface area contributed by atoms with E-state index in [0.29, 0.717) is 18.2 Å². The molecule has 0 saturated heterocycles. The average Bonchev–Trinajstić information content (AvgIpc) is 2.62. The Morgan fingerprint density at radius 3 is 3.06 bits per heavy atom. The number of nitrogens with two attached hydrogens (primary N) is 1. The highest BCUT2D eigenvalue weighted by atomic mass is 16.2. The molecule has 88 valence electrons. The van der Waals surface area contributed by atoms with Gasteiger partial charge in [-0.25, -0.2) is 0 Å². The minimum atomic E-state index is -0.243. The minimum absolute atomic E-state index is 0.125. The molecule has 1 aromatic rings. The van der Waals surface area contributed by atoms with Gasteiger partial charge in [-0.15, -0.1) is 0 Å². The van der Waals surface area contributed by atoms with Gasteiger partial charge in [-0.05, 0) is 12.8 Å². The van der Waals surface area contributed by atoms with Crippen LogP contribution in [0.1, 0.15) is 12.8 Å². The lowest BCUT2D eigenvalue weighted by Crippen LogP contribution is -2.24. The second-order valence-corrected chi connectivity index (χ2v) is 3.68. The van der Waals surface area contributed by atoms with Crippen LogP contribution < -0.4 is 21.5 Å². The number of aliphatic hydroxyl groups excluding tert-OH is 1. The lowest BCUT2D eigenvalue weighted by atomic mass is 10.3. The highest BCUT2D eigenvalue weighted by Crippen LogP contribution is 2.25. The zero-order chi connectivity index (χ0) is 11.5. The summed E-state index contributed by atoms with van der Waals surface area (Å²) in [5.74, 6) is 0.721. The van der Waals surface area contributed by atoms with Crippen LogP contribution in [0, 0.1) is 0 Å². The molecule has 0 unspecified atom stereocenters. The highest BCUT2D eigenvalue weighted by Gasteiger charge is 2.22. The SMILES string of the molecule is Nc1nc2c(c(=O)[nH]1)NCN2CCCCO. The maximum atomic E-state index is 11.5. The molecule has 0 aromatic carbocycles. The van der Waals surface area contributed by atoms with E-state index in [0.717, 1.165) is 19.4 Å². The summed E-state index contributed by atoms with van der Waals surface area (Å²) in [4.78, 5) is 20.0. The summed E-state index contributed by atoms with van der Waals surface area (Å²) in [6, 6.07) is 0. The Hall–Kier alpha value is -1.76. The lowest BCUT2D eigenvalue weighted by Gasteiger charge is -2.16. The first-order valence-corrected chi connectivity index (χ1v) is 5.22. The molecule has 0 atom stereocenters. The molecule has 0 aliphatic carbocycles. The molecule has 1 aromatic heterocycles. The van der Waals surface area contributed by atoms with E-state index in [1.165, 1.54) is 0 Å². The lowest BCUT2D eigenvalue weighted by molar-refractivity contribution is 0.285. The van der Waals surface area contributed by atoms with Gasteiger partial charge in [0.1, 0.15) is 5.69 Å². The first kappa shape index (κ1) is 10.7. The van der Waals surface area contributed by atoms with E-state index in [1.54, 1.807) is 0 Å². The Labute approximate surface area is 92.3 Å². The molecular weight excluding hydrogens is 210 g/mol. The topological polar surface area (TPSA) is 107 Å². The van der Waals surface area contributed by atoms with Crippen LogP contribution in [0.3, 0.4) is 0 Å². The molecule has 0 fully saturated rings. The van der Waals surface area contributed by atoms with Crippen molar-refractivity contribution in [1.29, 1.82) is 0 Å². The molecule has 5 N–H and O–H groups in total. The molecule has 0 saturated carbocycles. The third-order valence-electron chi connectivity index (χ3n) is 2.50. The van der Waals surface area contributed by atoms with Crippen molar-refractivity contribution in [3.63, 3.8) is 0 Å². The molecule has 2 rings (SSSR count). The standard InChI is InChI=1S/C9H15N5O2/c10-9-12-7-6(8(16)13-9)11-5-14(7)3-1-2-4-15/h11,15H,1-5H2,(H3,10,12,13,16). The van der Waals surface area contributed by atoms with Crippen LogP contribution in [0.15, 0.2) is 4.79 Å². The van der Waals surface area contributed by atoms with Gasteiger partial charge in [0.15, 0.2) is 5.82 Å². The van der Waals surface area contributed by atoms with E-state index >= 15 is 0 Å². The molecule has 0 spiro atoms. The Balaban J connectivity index is 2.16. The number of rotatable bonds is 4. The first-order valence-electron chi connectivity index (χ1n) is 5.22. The molecular formula is C9H15N5O2. The molecule has 0 bridgehead atoms. The van der Waals surface area contributed by atoms with Crippen molar-refractivity contribution in [3.05, 3.63) is 10.4 Å². The van der Waals surface area contributed by atoms with Gasteiger partial charge in [0, 0.05) is 13.2 Å². The van der Waals surface area contributed by atoms with Crippen LogP contribution in [0.5, 0.6) is 0 Å². The third kappa shape index (κ3) is 1.94. The normalized spacial score (nSPS) is 13.7. The Bertz CT molecular complexity index is 430. The molecule has 2 heterocycles. The van der Waals surface area contributed by atoms with E-state index in [9.17, 15) is 4.79 Å². The number of aromatic nitrogens is 2. The maximum Gasteiger partial charge on any atom is 0.277 e. The van der Waals surface area contributed by atoms with Crippen molar-refractivity contribution < 1.29 is 5.11 Å². The second-order valence-electron chi connectivity index (χ2n) is 3.68. The predicted molar refractivity (Wildman–Crippen MR) is 61.4 cm³/mol. The Kier molecular flexibility index (Phi) is 2.95. The van der Waals surface area contributed by atoms with Crippen LogP contribution in [0.25, 0.3) is 0 Å². The Morgan fingerprint density at radius 2 is 2.31 bits per heavy atom. The number of anilines is 3. The monoisotopic (exact) mass is 225 g/mol. The van der Waals surface area contributed by atoms with Crippen molar-refractivity contribution in [2.24, 2.45) is 0 Å². The fourth-order valence-electron chi connectivity index (χ4n) is 1.72. The van der Waals surface area contributed by atoms with Crippen molar-refractivity contribution in [2.75, 3.05) is 35.8 Å². The number of hydrogen-bond acceptors (Lipinski definition) is 6. The number of fused-ring (bicyclic) bond motifs is 1. The van der Waals surface area contributed by atoms with Crippen LogP contribution in [-0.2, 0) is 0 Å².